The zero-order valence-electron chi connectivity index (χ0n) is 14.0. The van der Waals surface area contributed by atoms with E-state index in [1.807, 2.05) is 0 Å². The summed E-state index contributed by atoms with van der Waals surface area (Å²) < 4.78 is 24.4. The molecule has 1 heterocycles. The van der Waals surface area contributed by atoms with Gasteiger partial charge in [0.05, 0.1) is 12.2 Å². The van der Waals surface area contributed by atoms with Crippen molar-refractivity contribution in [2.45, 2.75) is 45.3 Å². The predicted molar refractivity (Wildman–Crippen MR) is 85.5 cm³/mol. The van der Waals surface area contributed by atoms with Gasteiger partial charge < -0.3 is 24.8 Å². The van der Waals surface area contributed by atoms with Crippen LogP contribution in [0.25, 0.3) is 0 Å². The van der Waals surface area contributed by atoms with E-state index in [2.05, 4.69) is 0 Å². The number of nitrogens with zero attached hydrogens (tertiary/aromatic N) is 2. The molecule has 7 nitrogen and oxygen atoms in total. The molecule has 1 fully saturated rings. The van der Waals surface area contributed by atoms with E-state index in [0.29, 0.717) is 19.4 Å². The summed E-state index contributed by atoms with van der Waals surface area (Å²) in [4.78, 5) is 13.7. The first-order valence-corrected chi connectivity index (χ1v) is 7.76. The van der Waals surface area contributed by atoms with Gasteiger partial charge >= 0.3 is 6.09 Å². The first-order valence-electron chi connectivity index (χ1n) is 7.76. The number of piperidine rings is 1. The van der Waals surface area contributed by atoms with E-state index in [0.717, 1.165) is 18.2 Å². The van der Waals surface area contributed by atoms with Crippen LogP contribution in [0.15, 0.2) is 18.2 Å². The third-order valence-electron chi connectivity index (χ3n) is 3.45. The van der Waals surface area contributed by atoms with Crippen LogP contribution in [0.5, 0.6) is 5.75 Å². The maximum Gasteiger partial charge on any atom is 0.410 e. The lowest BCUT2D eigenvalue weighted by atomic mass is 10.1. The first kappa shape index (κ1) is 18.3. The lowest BCUT2D eigenvalue weighted by Gasteiger charge is -2.35. The smallest absolute Gasteiger partial charge is 0.410 e. The van der Waals surface area contributed by atoms with E-state index in [4.69, 9.17) is 14.7 Å². The number of carbonyl (C=O) groups is 1. The highest BCUT2D eigenvalue weighted by Crippen LogP contribution is 2.30. The van der Waals surface area contributed by atoms with Crippen LogP contribution in [-0.4, -0.2) is 41.0 Å². The van der Waals surface area contributed by atoms with Crippen LogP contribution in [0.3, 0.4) is 0 Å². The van der Waals surface area contributed by atoms with E-state index >= 15 is 0 Å². The average molecular weight is 341 g/mol. The van der Waals surface area contributed by atoms with Gasteiger partial charge in [0, 0.05) is 12.6 Å². The van der Waals surface area contributed by atoms with Crippen LogP contribution in [0, 0.1) is 11.0 Å². The highest BCUT2D eigenvalue weighted by molar-refractivity contribution is 5.68. The number of anilines is 1. The Hall–Kier alpha value is -2.06. The largest absolute Gasteiger partial charge is 0.733 e. The van der Waals surface area contributed by atoms with Crippen molar-refractivity contribution in [1.82, 2.24) is 4.90 Å². The molecule has 134 valence electrons. The van der Waals surface area contributed by atoms with Crippen LogP contribution in [0.4, 0.5) is 14.9 Å². The Morgan fingerprint density at radius 3 is 2.79 bits per heavy atom. The molecule has 1 aliphatic rings. The van der Waals surface area contributed by atoms with Crippen molar-refractivity contribution in [3.63, 3.8) is 0 Å². The zero-order valence-corrected chi connectivity index (χ0v) is 14.0. The molecule has 2 rings (SSSR count). The molecule has 1 amide bonds. The van der Waals surface area contributed by atoms with Gasteiger partial charge in [-0.15, -0.1) is 0 Å². The van der Waals surface area contributed by atoms with Crippen molar-refractivity contribution < 1.29 is 23.9 Å². The second-order valence-corrected chi connectivity index (χ2v) is 6.69. The molecule has 0 bridgehead atoms. The number of likely N-dealkylation sites (tertiary alicyclic amines) is 1. The van der Waals surface area contributed by atoms with Gasteiger partial charge in [0.1, 0.15) is 23.3 Å². The minimum atomic E-state index is -0.597. The molecule has 0 radical (unpaired) electrons. The maximum absolute atomic E-state index is 13.4. The van der Waals surface area contributed by atoms with E-state index in [-0.39, 0.29) is 23.2 Å². The fourth-order valence-corrected chi connectivity index (χ4v) is 2.45. The topological polar surface area (TPSA) is 85.3 Å². The van der Waals surface area contributed by atoms with Crippen LogP contribution in [0.2, 0.25) is 0 Å². The van der Waals surface area contributed by atoms with Gasteiger partial charge in [-0.1, -0.05) is 0 Å². The molecule has 0 aromatic heterocycles. The Bertz CT molecular complexity index is 588. The van der Waals surface area contributed by atoms with Crippen molar-refractivity contribution in [1.29, 1.82) is 0 Å². The summed E-state index contributed by atoms with van der Waals surface area (Å²) in [6, 6.07) is 3.21. The monoisotopic (exact) mass is 341 g/mol. The molecule has 1 aliphatic heterocycles. The molecule has 1 N–H and O–H groups in total. The van der Waals surface area contributed by atoms with E-state index < -0.39 is 23.6 Å². The summed E-state index contributed by atoms with van der Waals surface area (Å²) in [5, 5.41) is 19.8. The summed E-state index contributed by atoms with van der Waals surface area (Å²) in [6.45, 7) is 6.15. The standard InChI is InChI=1S/C16H22FN2O5/c1-16(2,3)24-15(20)18-8-4-5-12(10-18)23-14-9-11(17)6-7-13(14)19(21)22/h6-7,9,12,21H,4-5,8,10H2,1-3H3/q-1/t12-/m1/s1. The summed E-state index contributed by atoms with van der Waals surface area (Å²) >= 11 is 0. The second-order valence-electron chi connectivity index (χ2n) is 6.69. The molecular formula is C16H22FN2O5-. The van der Waals surface area contributed by atoms with Gasteiger partial charge in [0.25, 0.3) is 0 Å². The van der Waals surface area contributed by atoms with Crippen LogP contribution < -0.4 is 9.96 Å². The van der Waals surface area contributed by atoms with Gasteiger partial charge in [0.2, 0.25) is 0 Å². The Kier molecular flexibility index (Phi) is 5.51. The molecule has 0 saturated carbocycles. The molecule has 1 aromatic carbocycles. The number of carbonyl (C=O) groups excluding carboxylic acids is 1. The number of ether oxygens (including phenoxy) is 2. The van der Waals surface area contributed by atoms with Gasteiger partial charge in [-0.2, -0.15) is 0 Å². The molecule has 0 unspecified atom stereocenters. The highest BCUT2D eigenvalue weighted by Gasteiger charge is 2.29. The molecule has 24 heavy (non-hydrogen) atoms. The van der Waals surface area contributed by atoms with Gasteiger partial charge in [0.15, 0.2) is 0 Å². The Morgan fingerprint density at radius 2 is 2.17 bits per heavy atom. The van der Waals surface area contributed by atoms with Crippen molar-refractivity contribution in [2.24, 2.45) is 0 Å². The number of benzene rings is 1. The Balaban J connectivity index is 2.06. The minimum Gasteiger partial charge on any atom is -0.733 e. The van der Waals surface area contributed by atoms with Gasteiger partial charge in [-0.3, -0.25) is 5.21 Å². The third-order valence-corrected chi connectivity index (χ3v) is 3.45. The van der Waals surface area contributed by atoms with E-state index in [1.54, 1.807) is 20.8 Å². The fraction of sp³-hybridized carbons (Fsp3) is 0.562. The Labute approximate surface area is 140 Å². The van der Waals surface area contributed by atoms with Crippen molar-refractivity contribution in [3.8, 4) is 5.75 Å². The second kappa shape index (κ2) is 7.23. The number of halogens is 1. The SMILES string of the molecule is CC(C)(C)OC(=O)N1CCC[C@@H](Oc2cc(F)ccc2N([O-])O)C1. The number of amides is 1. The summed E-state index contributed by atoms with van der Waals surface area (Å²) in [6.07, 6.45) is 0.462. The van der Waals surface area contributed by atoms with Crippen molar-refractivity contribution in [3.05, 3.63) is 29.2 Å². The summed E-state index contributed by atoms with van der Waals surface area (Å²) in [5.74, 6) is -0.654. The number of rotatable bonds is 3. The maximum atomic E-state index is 13.4. The number of hydrogen-bond donors (Lipinski definition) is 1. The van der Waals surface area contributed by atoms with Crippen molar-refractivity contribution >= 4 is 11.8 Å². The van der Waals surface area contributed by atoms with Gasteiger partial charge in [-0.05, 0) is 45.7 Å². The molecule has 0 spiro atoms. The lowest BCUT2D eigenvalue weighted by molar-refractivity contribution is 0.00769. The van der Waals surface area contributed by atoms with Crippen LogP contribution in [-0.2, 0) is 4.74 Å². The molecule has 1 aromatic rings. The Morgan fingerprint density at radius 1 is 1.46 bits per heavy atom. The molecule has 1 atom stereocenters. The first-order chi connectivity index (χ1) is 11.2. The highest BCUT2D eigenvalue weighted by atomic mass is 19.1. The molecule has 8 heteroatoms. The summed E-state index contributed by atoms with van der Waals surface area (Å²) in [7, 11) is 0. The van der Waals surface area contributed by atoms with E-state index in [1.165, 1.54) is 4.90 Å². The zero-order chi connectivity index (χ0) is 17.9. The van der Waals surface area contributed by atoms with E-state index in [9.17, 15) is 14.4 Å². The van der Waals surface area contributed by atoms with Gasteiger partial charge in [-0.25, -0.2) is 9.18 Å². The quantitative estimate of drug-likeness (QED) is 0.849. The predicted octanol–water partition coefficient (Wildman–Crippen LogP) is 3.30. The lowest BCUT2D eigenvalue weighted by Crippen LogP contribution is -2.46. The van der Waals surface area contributed by atoms with Crippen molar-refractivity contribution in [2.75, 3.05) is 18.3 Å². The minimum absolute atomic E-state index is 0.0662. The van der Waals surface area contributed by atoms with Crippen LogP contribution in [0.1, 0.15) is 33.6 Å². The number of hydrogen-bond acceptors (Lipinski definition) is 6. The molecular weight excluding hydrogens is 319 g/mol. The average Bonchev–Trinajstić information content (AvgIpc) is 2.45. The van der Waals surface area contributed by atoms with Crippen LogP contribution >= 0.6 is 0 Å². The fourth-order valence-electron chi connectivity index (χ4n) is 2.45. The molecule has 1 saturated heterocycles. The normalized spacial score (nSPS) is 18.2. The summed E-state index contributed by atoms with van der Waals surface area (Å²) in [5.41, 5.74) is -0.786. The molecule has 0 aliphatic carbocycles. The third kappa shape index (κ3) is 4.97.